The molecule has 0 aromatic carbocycles. The van der Waals surface area contributed by atoms with E-state index in [0.29, 0.717) is 5.92 Å². The summed E-state index contributed by atoms with van der Waals surface area (Å²) in [6, 6.07) is 0. The SMILES string of the molecule is CC(C)c1nsc(NCC2(CO)CC2)n1. The number of aromatic nitrogens is 2. The summed E-state index contributed by atoms with van der Waals surface area (Å²) in [4.78, 5) is 4.39. The first-order valence-corrected chi connectivity index (χ1v) is 6.11. The van der Waals surface area contributed by atoms with Gasteiger partial charge >= 0.3 is 0 Å². The van der Waals surface area contributed by atoms with E-state index in [0.717, 1.165) is 30.3 Å². The van der Waals surface area contributed by atoms with Crippen molar-refractivity contribution in [2.24, 2.45) is 5.41 Å². The summed E-state index contributed by atoms with van der Waals surface area (Å²) in [6.45, 7) is 5.26. The Morgan fingerprint density at radius 2 is 2.27 bits per heavy atom. The molecule has 1 heterocycles. The van der Waals surface area contributed by atoms with Crippen LogP contribution in [0.4, 0.5) is 5.13 Å². The van der Waals surface area contributed by atoms with Gasteiger partial charge in [-0.1, -0.05) is 13.8 Å². The van der Waals surface area contributed by atoms with E-state index >= 15 is 0 Å². The summed E-state index contributed by atoms with van der Waals surface area (Å²) >= 11 is 1.40. The van der Waals surface area contributed by atoms with E-state index in [1.165, 1.54) is 11.5 Å². The first-order valence-electron chi connectivity index (χ1n) is 5.33. The van der Waals surface area contributed by atoms with Crippen LogP contribution in [0, 0.1) is 5.41 Å². The van der Waals surface area contributed by atoms with Gasteiger partial charge in [0.05, 0.1) is 6.61 Å². The summed E-state index contributed by atoms with van der Waals surface area (Å²) in [5.74, 6) is 1.28. The molecule has 0 radical (unpaired) electrons. The number of nitrogens with one attached hydrogen (secondary N) is 1. The molecule has 0 spiro atoms. The predicted octanol–water partition coefficient (Wildman–Crippen LogP) is 1.85. The number of aliphatic hydroxyl groups excluding tert-OH is 1. The van der Waals surface area contributed by atoms with E-state index in [4.69, 9.17) is 5.11 Å². The fraction of sp³-hybridized carbons (Fsp3) is 0.800. The molecule has 0 aliphatic heterocycles. The van der Waals surface area contributed by atoms with Gasteiger partial charge in [-0.2, -0.15) is 4.37 Å². The van der Waals surface area contributed by atoms with Gasteiger partial charge in [-0.25, -0.2) is 4.98 Å². The molecule has 0 amide bonds. The van der Waals surface area contributed by atoms with E-state index in [2.05, 4.69) is 28.5 Å². The zero-order valence-electron chi connectivity index (χ0n) is 9.16. The van der Waals surface area contributed by atoms with Crippen molar-refractivity contribution in [1.29, 1.82) is 0 Å². The average Bonchev–Trinajstić information content (AvgIpc) is 2.85. The second-order valence-electron chi connectivity index (χ2n) is 4.62. The summed E-state index contributed by atoms with van der Waals surface area (Å²) < 4.78 is 4.27. The van der Waals surface area contributed by atoms with E-state index in [-0.39, 0.29) is 12.0 Å². The topological polar surface area (TPSA) is 58.0 Å². The highest BCUT2D eigenvalue weighted by Crippen LogP contribution is 2.44. The maximum atomic E-state index is 9.16. The van der Waals surface area contributed by atoms with Gasteiger partial charge in [-0.3, -0.25) is 0 Å². The van der Waals surface area contributed by atoms with Crippen molar-refractivity contribution in [1.82, 2.24) is 9.36 Å². The van der Waals surface area contributed by atoms with Crippen molar-refractivity contribution in [2.75, 3.05) is 18.5 Å². The van der Waals surface area contributed by atoms with Gasteiger partial charge in [0.1, 0.15) is 5.82 Å². The lowest BCUT2D eigenvalue weighted by atomic mass is 10.1. The first kappa shape index (κ1) is 10.8. The van der Waals surface area contributed by atoms with E-state index in [1.54, 1.807) is 0 Å². The van der Waals surface area contributed by atoms with Gasteiger partial charge in [-0.15, -0.1) is 0 Å². The van der Waals surface area contributed by atoms with E-state index in [9.17, 15) is 0 Å². The van der Waals surface area contributed by atoms with Crippen molar-refractivity contribution in [2.45, 2.75) is 32.6 Å². The van der Waals surface area contributed by atoms with Crippen molar-refractivity contribution < 1.29 is 5.11 Å². The molecule has 2 N–H and O–H groups in total. The largest absolute Gasteiger partial charge is 0.396 e. The standard InChI is InChI=1S/C10H17N3OS/c1-7(2)8-12-9(15-13-8)11-5-10(6-14)3-4-10/h7,14H,3-6H2,1-2H3,(H,11,12,13). The molecule has 0 atom stereocenters. The Labute approximate surface area is 93.9 Å². The molecule has 1 fully saturated rings. The highest BCUT2D eigenvalue weighted by molar-refractivity contribution is 7.09. The first-order chi connectivity index (χ1) is 7.15. The maximum Gasteiger partial charge on any atom is 0.202 e. The molecule has 2 rings (SSSR count). The van der Waals surface area contributed by atoms with Crippen molar-refractivity contribution in [3.8, 4) is 0 Å². The van der Waals surface area contributed by atoms with Crippen LogP contribution in [0.25, 0.3) is 0 Å². The average molecular weight is 227 g/mol. The van der Waals surface area contributed by atoms with E-state index in [1.807, 2.05) is 0 Å². The van der Waals surface area contributed by atoms with Gasteiger partial charge in [-0.05, 0) is 12.8 Å². The molecule has 1 aliphatic rings. The van der Waals surface area contributed by atoms with Gasteiger partial charge in [0, 0.05) is 29.4 Å². The van der Waals surface area contributed by atoms with Crippen LogP contribution in [0.15, 0.2) is 0 Å². The van der Waals surface area contributed by atoms with Crippen LogP contribution >= 0.6 is 11.5 Å². The van der Waals surface area contributed by atoms with Gasteiger partial charge in [0.2, 0.25) is 5.13 Å². The Morgan fingerprint density at radius 3 is 2.73 bits per heavy atom. The molecule has 4 nitrogen and oxygen atoms in total. The molecule has 0 saturated heterocycles. The number of anilines is 1. The highest BCUT2D eigenvalue weighted by atomic mass is 32.1. The minimum Gasteiger partial charge on any atom is -0.396 e. The molecule has 0 unspecified atom stereocenters. The number of hydrogen-bond acceptors (Lipinski definition) is 5. The fourth-order valence-corrected chi connectivity index (χ4v) is 2.07. The Bertz CT molecular complexity index is 333. The third-order valence-electron chi connectivity index (χ3n) is 2.87. The second kappa shape index (κ2) is 4.06. The number of rotatable bonds is 5. The molecule has 1 aromatic heterocycles. The van der Waals surface area contributed by atoms with Crippen LogP contribution in [0.1, 0.15) is 38.4 Å². The lowest BCUT2D eigenvalue weighted by Crippen LogP contribution is -2.18. The number of aliphatic hydroxyl groups is 1. The normalized spacial score (nSPS) is 18.1. The lowest BCUT2D eigenvalue weighted by Gasteiger charge is -2.10. The third-order valence-corrected chi connectivity index (χ3v) is 3.55. The minimum atomic E-state index is 0.129. The Balaban J connectivity index is 1.88. The van der Waals surface area contributed by atoms with Crippen molar-refractivity contribution in [3.05, 3.63) is 5.82 Å². The minimum absolute atomic E-state index is 0.129. The third kappa shape index (κ3) is 2.46. The number of hydrogen-bond donors (Lipinski definition) is 2. The zero-order valence-corrected chi connectivity index (χ0v) is 9.97. The van der Waals surface area contributed by atoms with E-state index < -0.39 is 0 Å². The predicted molar refractivity (Wildman–Crippen MR) is 61.2 cm³/mol. The monoisotopic (exact) mass is 227 g/mol. The Morgan fingerprint density at radius 1 is 1.53 bits per heavy atom. The summed E-state index contributed by atoms with van der Waals surface area (Å²) in [6.07, 6.45) is 2.23. The molecule has 1 aliphatic carbocycles. The molecule has 1 aromatic rings. The fourth-order valence-electron chi connectivity index (χ4n) is 1.37. The zero-order chi connectivity index (χ0) is 10.9. The Kier molecular flexibility index (Phi) is 2.93. The smallest absolute Gasteiger partial charge is 0.202 e. The van der Waals surface area contributed by atoms with Gasteiger partial charge in [0.15, 0.2) is 0 Å². The summed E-state index contributed by atoms with van der Waals surface area (Å²) in [5.41, 5.74) is 0.129. The summed E-state index contributed by atoms with van der Waals surface area (Å²) in [7, 11) is 0. The molecule has 1 saturated carbocycles. The second-order valence-corrected chi connectivity index (χ2v) is 5.38. The quantitative estimate of drug-likeness (QED) is 0.806. The van der Waals surface area contributed by atoms with Crippen LogP contribution in [-0.4, -0.2) is 27.6 Å². The summed E-state index contributed by atoms with van der Waals surface area (Å²) in [5, 5.41) is 13.3. The molecule has 15 heavy (non-hydrogen) atoms. The molecule has 84 valence electrons. The van der Waals surface area contributed by atoms with Crippen molar-refractivity contribution >= 4 is 16.7 Å². The molecule has 5 heteroatoms. The highest BCUT2D eigenvalue weighted by Gasteiger charge is 2.41. The molecular weight excluding hydrogens is 210 g/mol. The maximum absolute atomic E-state index is 9.16. The molecular formula is C10H17N3OS. The van der Waals surface area contributed by atoms with Crippen LogP contribution in [0.2, 0.25) is 0 Å². The van der Waals surface area contributed by atoms with Crippen LogP contribution < -0.4 is 5.32 Å². The van der Waals surface area contributed by atoms with Crippen LogP contribution in [0.5, 0.6) is 0 Å². The Hall–Kier alpha value is -0.680. The van der Waals surface area contributed by atoms with Crippen LogP contribution in [-0.2, 0) is 0 Å². The van der Waals surface area contributed by atoms with Crippen molar-refractivity contribution in [3.63, 3.8) is 0 Å². The van der Waals surface area contributed by atoms with Crippen LogP contribution in [0.3, 0.4) is 0 Å². The van der Waals surface area contributed by atoms with Gasteiger partial charge < -0.3 is 10.4 Å². The number of nitrogens with zero attached hydrogens (tertiary/aromatic N) is 2. The van der Waals surface area contributed by atoms with Gasteiger partial charge in [0.25, 0.3) is 0 Å². The lowest BCUT2D eigenvalue weighted by molar-refractivity contribution is 0.220. The molecule has 0 bridgehead atoms.